The normalized spacial score (nSPS) is 12.7. The van der Waals surface area contributed by atoms with Gasteiger partial charge < -0.3 is 25.0 Å². The van der Waals surface area contributed by atoms with E-state index in [2.05, 4.69) is 28.9 Å². The van der Waals surface area contributed by atoms with E-state index in [0.29, 0.717) is 24.9 Å². The number of unbranched alkanes of at least 4 members (excludes halogenated alkanes) is 4. The lowest BCUT2D eigenvalue weighted by Gasteiger charge is -2.35. The fourth-order valence-electron chi connectivity index (χ4n) is 4.25. The second kappa shape index (κ2) is 17.4. The van der Waals surface area contributed by atoms with Gasteiger partial charge in [-0.05, 0) is 56.7 Å². The summed E-state index contributed by atoms with van der Waals surface area (Å²) in [5.74, 6) is -1.44. The summed E-state index contributed by atoms with van der Waals surface area (Å²) in [6.45, 7) is 15.1. The number of alkyl carbamates (subject to hydrolysis) is 1. The number of esters is 1. The van der Waals surface area contributed by atoms with E-state index in [1.54, 1.807) is 45.0 Å². The first-order valence-electron chi connectivity index (χ1n) is 14.2. The van der Waals surface area contributed by atoms with Gasteiger partial charge in [0.25, 0.3) is 0 Å². The van der Waals surface area contributed by atoms with Crippen molar-refractivity contribution in [3.63, 3.8) is 0 Å². The molecular weight excluding hydrogens is 510 g/mol. The van der Waals surface area contributed by atoms with Crippen molar-refractivity contribution >= 4 is 30.0 Å². The van der Waals surface area contributed by atoms with E-state index in [0.717, 1.165) is 31.2 Å². The maximum Gasteiger partial charge on any atom is 0.408 e. The number of ether oxygens (including phenoxy) is 2. The molecule has 0 saturated carbocycles. The maximum absolute atomic E-state index is 14.2. The molecule has 0 saturated heterocycles. The molecule has 0 aliphatic rings. The Morgan fingerprint density at radius 2 is 1.75 bits per heavy atom. The summed E-state index contributed by atoms with van der Waals surface area (Å²) < 4.78 is 10.1. The van der Waals surface area contributed by atoms with Gasteiger partial charge in [0.1, 0.15) is 24.2 Å². The van der Waals surface area contributed by atoms with Gasteiger partial charge in [-0.25, -0.2) is 4.79 Å². The number of hydrogen-bond acceptors (Lipinski definition) is 6. The lowest BCUT2D eigenvalue weighted by molar-refractivity contribution is -0.145. The number of benzene rings is 1. The number of amides is 3. The lowest BCUT2D eigenvalue weighted by Crippen LogP contribution is -2.54. The van der Waals surface area contributed by atoms with Crippen LogP contribution < -0.4 is 10.6 Å². The zero-order chi connectivity index (χ0) is 30.3. The second-order valence-corrected chi connectivity index (χ2v) is 11.3. The average molecular weight is 560 g/mol. The number of nitrogens with one attached hydrogen (secondary N) is 2. The highest BCUT2D eigenvalue weighted by Gasteiger charge is 2.36. The Morgan fingerprint density at radius 1 is 1.07 bits per heavy atom. The summed E-state index contributed by atoms with van der Waals surface area (Å²) in [5.41, 5.74) is 0.613. The Hall–Kier alpha value is -3.36. The number of nitrogens with zero attached hydrogens (tertiary/aromatic N) is 1. The number of carbonyl (C=O) groups excluding carboxylic acids is 4. The molecule has 2 unspecified atom stereocenters. The first-order valence-corrected chi connectivity index (χ1v) is 14.2. The van der Waals surface area contributed by atoms with Gasteiger partial charge in [-0.15, -0.1) is 0 Å². The van der Waals surface area contributed by atoms with E-state index in [9.17, 15) is 19.2 Å². The Morgan fingerprint density at radius 3 is 2.33 bits per heavy atom. The summed E-state index contributed by atoms with van der Waals surface area (Å²) in [5, 5.41) is 5.37. The molecular formula is C31H49N3O6. The molecule has 9 nitrogen and oxygen atoms in total. The van der Waals surface area contributed by atoms with Crippen LogP contribution in [-0.4, -0.2) is 60.6 Å². The molecule has 0 radical (unpaired) electrons. The SMILES string of the molecule is C=Cc1cccc(C(C(=O)NCC(=O)OC)N(CCCCCCC)C(=O)C(CC(C)C)NC(=O)OC(C)(C)C)c1. The van der Waals surface area contributed by atoms with Crippen molar-refractivity contribution < 1.29 is 28.7 Å². The minimum atomic E-state index is -1.04. The van der Waals surface area contributed by atoms with Gasteiger partial charge in [0.2, 0.25) is 11.8 Å². The number of methoxy groups -OCH3 is 1. The smallest absolute Gasteiger partial charge is 0.408 e. The van der Waals surface area contributed by atoms with Crippen LogP contribution in [0.2, 0.25) is 0 Å². The zero-order valence-corrected chi connectivity index (χ0v) is 25.4. The average Bonchev–Trinajstić information content (AvgIpc) is 2.88. The fourth-order valence-corrected chi connectivity index (χ4v) is 4.25. The van der Waals surface area contributed by atoms with Crippen molar-refractivity contribution in [3.8, 4) is 0 Å². The van der Waals surface area contributed by atoms with Crippen LogP contribution in [0.4, 0.5) is 4.79 Å². The molecule has 1 aromatic carbocycles. The van der Waals surface area contributed by atoms with Crippen LogP contribution in [0.25, 0.3) is 6.08 Å². The van der Waals surface area contributed by atoms with Crippen LogP contribution in [-0.2, 0) is 23.9 Å². The van der Waals surface area contributed by atoms with Crippen molar-refractivity contribution in [1.29, 1.82) is 0 Å². The van der Waals surface area contributed by atoms with E-state index >= 15 is 0 Å². The number of rotatable bonds is 16. The minimum absolute atomic E-state index is 0.0750. The molecule has 0 aliphatic heterocycles. The first kappa shape index (κ1) is 34.7. The molecule has 3 amide bonds. The molecule has 2 N–H and O–H groups in total. The Balaban J connectivity index is 3.53. The Labute approximate surface area is 240 Å². The largest absolute Gasteiger partial charge is 0.468 e. The molecule has 0 aromatic heterocycles. The highest BCUT2D eigenvalue weighted by Crippen LogP contribution is 2.26. The Kier molecular flexibility index (Phi) is 15.0. The van der Waals surface area contributed by atoms with Gasteiger partial charge in [0, 0.05) is 6.54 Å². The standard InChI is InChI=1S/C31H49N3O6/c1-9-11-12-13-14-18-34(29(37)25(19-22(3)4)33-30(38)40-31(5,6)7)27(28(36)32-21-26(35)39-8)24-17-15-16-23(10-2)20-24/h10,15-17,20,22,25,27H,2,9,11-14,18-19,21H2,1,3-8H3,(H,32,36)(H,33,38). The molecule has 1 aromatic rings. The van der Waals surface area contributed by atoms with Gasteiger partial charge in [0.15, 0.2) is 0 Å². The molecule has 2 atom stereocenters. The van der Waals surface area contributed by atoms with Crippen molar-refractivity contribution in [2.24, 2.45) is 5.92 Å². The maximum atomic E-state index is 14.2. The van der Waals surface area contributed by atoms with E-state index in [4.69, 9.17) is 4.74 Å². The third-order valence-corrected chi connectivity index (χ3v) is 6.14. The predicted molar refractivity (Wildman–Crippen MR) is 157 cm³/mol. The quantitative estimate of drug-likeness (QED) is 0.207. The summed E-state index contributed by atoms with van der Waals surface area (Å²) in [6.07, 6.45) is 6.04. The molecule has 0 fully saturated rings. The topological polar surface area (TPSA) is 114 Å². The Bertz CT molecular complexity index is 986. The number of hydrogen-bond donors (Lipinski definition) is 2. The van der Waals surface area contributed by atoms with Crippen LogP contribution in [0.3, 0.4) is 0 Å². The van der Waals surface area contributed by atoms with Gasteiger partial charge >= 0.3 is 12.1 Å². The highest BCUT2D eigenvalue weighted by atomic mass is 16.6. The van der Waals surface area contributed by atoms with Crippen molar-refractivity contribution in [1.82, 2.24) is 15.5 Å². The van der Waals surface area contributed by atoms with Crippen LogP contribution in [0, 0.1) is 5.92 Å². The molecule has 9 heteroatoms. The molecule has 224 valence electrons. The third kappa shape index (κ3) is 12.7. The van der Waals surface area contributed by atoms with Gasteiger partial charge in [0.05, 0.1) is 7.11 Å². The van der Waals surface area contributed by atoms with Gasteiger partial charge in [-0.1, -0.05) is 77.3 Å². The van der Waals surface area contributed by atoms with Crippen LogP contribution in [0.5, 0.6) is 0 Å². The summed E-state index contributed by atoms with van der Waals surface area (Å²) >= 11 is 0. The minimum Gasteiger partial charge on any atom is -0.468 e. The second-order valence-electron chi connectivity index (χ2n) is 11.3. The molecule has 0 spiro atoms. The van der Waals surface area contributed by atoms with Crippen molar-refractivity contribution in [2.45, 2.75) is 97.8 Å². The zero-order valence-electron chi connectivity index (χ0n) is 25.4. The predicted octanol–water partition coefficient (Wildman–Crippen LogP) is 5.40. The fraction of sp³-hybridized carbons (Fsp3) is 0.613. The molecule has 1 rings (SSSR count). The highest BCUT2D eigenvalue weighted by molar-refractivity contribution is 5.93. The first-order chi connectivity index (χ1) is 18.8. The molecule has 0 bridgehead atoms. The van der Waals surface area contributed by atoms with Crippen LogP contribution >= 0.6 is 0 Å². The van der Waals surface area contributed by atoms with E-state index in [-0.39, 0.29) is 12.5 Å². The molecule has 40 heavy (non-hydrogen) atoms. The van der Waals surface area contributed by atoms with E-state index in [1.165, 1.54) is 12.0 Å². The summed E-state index contributed by atoms with van der Waals surface area (Å²) in [7, 11) is 1.24. The van der Waals surface area contributed by atoms with Gasteiger partial charge in [-0.2, -0.15) is 0 Å². The molecule has 0 aliphatic carbocycles. The van der Waals surface area contributed by atoms with E-state index in [1.807, 2.05) is 19.9 Å². The van der Waals surface area contributed by atoms with Crippen molar-refractivity contribution in [2.75, 3.05) is 20.2 Å². The monoisotopic (exact) mass is 559 g/mol. The van der Waals surface area contributed by atoms with Crippen molar-refractivity contribution in [3.05, 3.63) is 42.0 Å². The van der Waals surface area contributed by atoms with Gasteiger partial charge in [-0.3, -0.25) is 14.4 Å². The summed E-state index contributed by atoms with van der Waals surface area (Å²) in [6, 6.07) is 5.25. The lowest BCUT2D eigenvalue weighted by atomic mass is 9.97. The third-order valence-electron chi connectivity index (χ3n) is 6.14. The summed E-state index contributed by atoms with van der Waals surface area (Å²) in [4.78, 5) is 54.0. The van der Waals surface area contributed by atoms with E-state index < -0.39 is 41.6 Å². The number of carbonyl (C=O) groups is 4. The van der Waals surface area contributed by atoms with Crippen LogP contribution in [0.1, 0.15) is 97.2 Å². The van der Waals surface area contributed by atoms with Crippen LogP contribution in [0.15, 0.2) is 30.8 Å². The molecule has 0 heterocycles.